The molecule has 0 aliphatic rings. The van der Waals surface area contributed by atoms with Gasteiger partial charge in [0, 0.05) is 29.9 Å². The maximum atomic E-state index is 13.3. The first kappa shape index (κ1) is 24.0. The maximum Gasteiger partial charge on any atom is 0.264 e. The molecule has 3 rings (SSSR count). The molecule has 8 heteroatoms. The molecule has 0 saturated heterocycles. The maximum absolute atomic E-state index is 13.3. The lowest BCUT2D eigenvalue weighted by Gasteiger charge is -2.23. The van der Waals surface area contributed by atoms with Gasteiger partial charge < -0.3 is 10.6 Å². The van der Waals surface area contributed by atoms with Gasteiger partial charge in [-0.25, -0.2) is 8.42 Å². The number of hydrogen-bond donors (Lipinski definition) is 2. The van der Waals surface area contributed by atoms with Crippen LogP contribution in [0, 0.1) is 6.92 Å². The Bertz CT molecular complexity index is 1260. The van der Waals surface area contributed by atoms with E-state index < -0.39 is 15.9 Å². The molecule has 0 radical (unpaired) electrons. The molecule has 0 saturated carbocycles. The fraction of sp³-hybridized carbons (Fsp3) is 0.200. The van der Waals surface area contributed by atoms with Crippen molar-refractivity contribution in [3.05, 3.63) is 83.9 Å². The smallest absolute Gasteiger partial charge is 0.264 e. The topological polar surface area (TPSA) is 95.6 Å². The highest BCUT2D eigenvalue weighted by atomic mass is 32.2. The Morgan fingerprint density at radius 3 is 2.27 bits per heavy atom. The fourth-order valence-electron chi connectivity index (χ4n) is 3.29. The first-order valence-corrected chi connectivity index (χ1v) is 12.1. The molecule has 2 amide bonds. The van der Waals surface area contributed by atoms with Crippen LogP contribution in [0.1, 0.15) is 36.2 Å². The molecule has 3 aromatic carbocycles. The molecular weight excluding hydrogens is 438 g/mol. The molecule has 0 atom stereocenters. The molecule has 0 aliphatic carbocycles. The third-order valence-electron chi connectivity index (χ3n) is 5.11. The van der Waals surface area contributed by atoms with E-state index in [1.165, 1.54) is 16.4 Å². The normalized spacial score (nSPS) is 11.0. The number of hydrogen-bond acceptors (Lipinski definition) is 4. The van der Waals surface area contributed by atoms with E-state index in [0.29, 0.717) is 23.5 Å². The van der Waals surface area contributed by atoms with Gasteiger partial charge in [0.15, 0.2) is 0 Å². The molecule has 0 aliphatic heterocycles. The van der Waals surface area contributed by atoms with Crippen molar-refractivity contribution in [2.45, 2.75) is 32.1 Å². The monoisotopic (exact) mass is 465 g/mol. The molecule has 7 nitrogen and oxygen atoms in total. The van der Waals surface area contributed by atoms with Crippen molar-refractivity contribution in [2.24, 2.45) is 0 Å². The van der Waals surface area contributed by atoms with Gasteiger partial charge in [-0.2, -0.15) is 0 Å². The highest BCUT2D eigenvalue weighted by molar-refractivity contribution is 7.92. The number of nitrogens with one attached hydrogen (secondary N) is 2. The van der Waals surface area contributed by atoms with E-state index in [4.69, 9.17) is 0 Å². The Balaban J connectivity index is 1.87. The van der Waals surface area contributed by atoms with Gasteiger partial charge in [0.05, 0.1) is 10.6 Å². The number of amides is 2. The molecule has 0 heterocycles. The van der Waals surface area contributed by atoms with Gasteiger partial charge in [-0.1, -0.05) is 37.3 Å². The van der Waals surface area contributed by atoms with E-state index >= 15 is 0 Å². The number of para-hydroxylation sites is 1. The second kappa shape index (κ2) is 10.3. The summed E-state index contributed by atoms with van der Waals surface area (Å²) in [5.74, 6) is -0.579. The van der Waals surface area contributed by atoms with Crippen molar-refractivity contribution < 1.29 is 18.0 Å². The van der Waals surface area contributed by atoms with Crippen molar-refractivity contribution in [2.75, 3.05) is 21.5 Å². The molecule has 3 aromatic rings. The second-order valence-electron chi connectivity index (χ2n) is 7.42. The zero-order valence-corrected chi connectivity index (χ0v) is 19.6. The Hall–Kier alpha value is -3.65. The molecule has 0 aromatic heterocycles. The first-order chi connectivity index (χ1) is 15.8. The number of aryl methyl sites for hydroxylation is 1. The second-order valence-corrected chi connectivity index (χ2v) is 9.28. The van der Waals surface area contributed by atoms with Crippen LogP contribution in [0.5, 0.6) is 0 Å². The van der Waals surface area contributed by atoms with Crippen LogP contribution >= 0.6 is 0 Å². The Labute approximate surface area is 194 Å². The van der Waals surface area contributed by atoms with E-state index in [1.807, 2.05) is 13.0 Å². The summed E-state index contributed by atoms with van der Waals surface area (Å²) in [7, 11) is -3.86. The third-order valence-corrected chi connectivity index (χ3v) is 7.01. The van der Waals surface area contributed by atoms with Gasteiger partial charge in [-0.05, 0) is 61.9 Å². The summed E-state index contributed by atoms with van der Waals surface area (Å²) >= 11 is 0. The molecule has 33 heavy (non-hydrogen) atoms. The lowest BCUT2D eigenvalue weighted by Crippen LogP contribution is -2.31. The van der Waals surface area contributed by atoms with Crippen LogP contribution in [0.15, 0.2) is 77.7 Å². The number of benzene rings is 3. The van der Waals surface area contributed by atoms with Gasteiger partial charge in [-0.3, -0.25) is 13.9 Å². The van der Waals surface area contributed by atoms with Crippen molar-refractivity contribution in [1.82, 2.24) is 0 Å². The molecule has 0 spiro atoms. The van der Waals surface area contributed by atoms with Crippen LogP contribution < -0.4 is 14.9 Å². The first-order valence-electron chi connectivity index (χ1n) is 10.7. The van der Waals surface area contributed by atoms with E-state index in [1.54, 1.807) is 68.4 Å². The lowest BCUT2D eigenvalue weighted by atomic mass is 10.1. The summed E-state index contributed by atoms with van der Waals surface area (Å²) in [4.78, 5) is 24.6. The highest BCUT2D eigenvalue weighted by Crippen LogP contribution is 2.25. The van der Waals surface area contributed by atoms with Gasteiger partial charge in [0.2, 0.25) is 5.91 Å². The zero-order chi connectivity index (χ0) is 24.0. The molecule has 0 unspecified atom stereocenters. The minimum atomic E-state index is -3.86. The van der Waals surface area contributed by atoms with E-state index in [2.05, 4.69) is 10.6 Å². The van der Waals surface area contributed by atoms with E-state index in [9.17, 15) is 18.0 Å². The number of nitrogens with zero attached hydrogens (tertiary/aromatic N) is 1. The van der Waals surface area contributed by atoms with Crippen molar-refractivity contribution >= 4 is 38.9 Å². The van der Waals surface area contributed by atoms with Crippen molar-refractivity contribution in [3.63, 3.8) is 0 Å². The molecule has 2 N–H and O–H groups in total. The number of carbonyl (C=O) groups excluding carboxylic acids is 2. The summed E-state index contributed by atoms with van der Waals surface area (Å²) in [5, 5.41) is 5.57. The van der Waals surface area contributed by atoms with Gasteiger partial charge in [-0.15, -0.1) is 0 Å². The van der Waals surface area contributed by atoms with Gasteiger partial charge >= 0.3 is 0 Å². The fourth-order valence-corrected chi connectivity index (χ4v) is 4.81. The van der Waals surface area contributed by atoms with Crippen LogP contribution in [0.25, 0.3) is 0 Å². The lowest BCUT2D eigenvalue weighted by molar-refractivity contribution is -0.115. The minimum absolute atomic E-state index is 0.0292. The largest absolute Gasteiger partial charge is 0.326 e. The van der Waals surface area contributed by atoms with Crippen LogP contribution in [0.4, 0.5) is 17.1 Å². The van der Waals surface area contributed by atoms with Gasteiger partial charge in [0.25, 0.3) is 15.9 Å². The summed E-state index contributed by atoms with van der Waals surface area (Å²) in [5.41, 5.74) is 2.67. The number of carbonyl (C=O) groups is 2. The molecular formula is C25H27N3O4S. The summed E-state index contributed by atoms with van der Waals surface area (Å²) in [6, 6.07) is 20.0. The average Bonchev–Trinajstić information content (AvgIpc) is 2.82. The predicted octanol–water partition coefficient (Wildman–Crippen LogP) is 4.81. The van der Waals surface area contributed by atoms with Crippen LogP contribution in [0.2, 0.25) is 0 Å². The van der Waals surface area contributed by atoms with Crippen LogP contribution in [-0.4, -0.2) is 26.8 Å². The van der Waals surface area contributed by atoms with E-state index in [-0.39, 0.29) is 22.9 Å². The predicted molar refractivity (Wildman–Crippen MR) is 131 cm³/mol. The molecule has 172 valence electrons. The number of sulfonamides is 1. The Morgan fingerprint density at radius 2 is 1.61 bits per heavy atom. The van der Waals surface area contributed by atoms with E-state index in [0.717, 1.165) is 5.56 Å². The van der Waals surface area contributed by atoms with Gasteiger partial charge in [0.1, 0.15) is 0 Å². The van der Waals surface area contributed by atoms with Crippen molar-refractivity contribution in [3.8, 4) is 0 Å². The summed E-state index contributed by atoms with van der Waals surface area (Å²) in [6.45, 7) is 5.60. The number of anilines is 3. The third kappa shape index (κ3) is 5.59. The Morgan fingerprint density at radius 1 is 0.879 bits per heavy atom. The van der Waals surface area contributed by atoms with Crippen LogP contribution in [-0.2, 0) is 14.8 Å². The van der Waals surface area contributed by atoms with Crippen LogP contribution in [0.3, 0.4) is 0 Å². The Kier molecular flexibility index (Phi) is 7.50. The average molecular weight is 466 g/mol. The summed E-state index contributed by atoms with van der Waals surface area (Å²) in [6.07, 6.45) is 0.342. The molecule has 0 bridgehead atoms. The minimum Gasteiger partial charge on any atom is -0.326 e. The zero-order valence-electron chi connectivity index (χ0n) is 18.8. The molecule has 0 fully saturated rings. The standard InChI is InChI=1S/C25H27N3O4S/c1-4-24(29)26-20-15-14-18(3)23(17-20)27-25(30)19-10-9-13-22(16-19)33(31,32)28(5-2)21-11-7-6-8-12-21/h6-17H,4-5H2,1-3H3,(H,26,29)(H,27,30). The SMILES string of the molecule is CCC(=O)Nc1ccc(C)c(NC(=O)c2cccc(S(=O)(=O)N(CC)c3ccccc3)c2)c1. The quantitative estimate of drug-likeness (QED) is 0.499. The highest BCUT2D eigenvalue weighted by Gasteiger charge is 2.24. The summed E-state index contributed by atoms with van der Waals surface area (Å²) < 4.78 is 27.9. The van der Waals surface area contributed by atoms with Crippen molar-refractivity contribution in [1.29, 1.82) is 0 Å². The number of rotatable bonds is 8.